The highest BCUT2D eigenvalue weighted by Gasteiger charge is 2.40. The van der Waals surface area contributed by atoms with Crippen LogP contribution in [0.25, 0.3) is 0 Å². The van der Waals surface area contributed by atoms with E-state index in [0.717, 1.165) is 5.56 Å². The third kappa shape index (κ3) is 1.74. The molecule has 0 bridgehead atoms. The summed E-state index contributed by atoms with van der Waals surface area (Å²) in [4.78, 5) is 4.03. The Morgan fingerprint density at radius 1 is 1.18 bits per heavy atom. The zero-order valence-corrected chi connectivity index (χ0v) is 9.80. The Labute approximate surface area is 104 Å². The molecular formula is C12H11ClN2O2. The lowest BCUT2D eigenvalue weighted by molar-refractivity contribution is -0.188. The number of nitrogens with zero attached hydrogens (tertiary/aromatic N) is 2. The smallest absolute Gasteiger partial charge is 0.285 e. The van der Waals surface area contributed by atoms with Crippen molar-refractivity contribution in [1.82, 2.24) is 9.55 Å². The second kappa shape index (κ2) is 4.14. The monoisotopic (exact) mass is 250 g/mol. The van der Waals surface area contributed by atoms with Crippen molar-refractivity contribution in [2.75, 3.05) is 13.2 Å². The average molecular weight is 251 g/mol. The third-order valence-corrected chi connectivity index (χ3v) is 2.98. The quantitative estimate of drug-likeness (QED) is 0.820. The Morgan fingerprint density at radius 2 is 1.88 bits per heavy atom. The fraction of sp³-hybridized carbons (Fsp3) is 0.250. The summed E-state index contributed by atoms with van der Waals surface area (Å²) in [6.45, 7) is 1.11. The second-order valence-electron chi connectivity index (χ2n) is 3.76. The van der Waals surface area contributed by atoms with Gasteiger partial charge in [-0.1, -0.05) is 23.7 Å². The minimum Gasteiger partial charge on any atom is -0.326 e. The van der Waals surface area contributed by atoms with E-state index < -0.39 is 5.91 Å². The molecule has 88 valence electrons. The largest absolute Gasteiger partial charge is 0.326 e. The molecule has 0 amide bonds. The number of aromatic nitrogens is 2. The molecule has 3 rings (SSSR count). The number of imidazole rings is 1. The molecule has 17 heavy (non-hydrogen) atoms. The van der Waals surface area contributed by atoms with Crippen LogP contribution in [0.1, 0.15) is 5.56 Å². The van der Waals surface area contributed by atoms with Gasteiger partial charge in [0.1, 0.15) is 0 Å². The summed E-state index contributed by atoms with van der Waals surface area (Å²) in [5.74, 6) is -0.902. The van der Waals surface area contributed by atoms with Crippen molar-refractivity contribution < 1.29 is 9.47 Å². The van der Waals surface area contributed by atoms with Gasteiger partial charge < -0.3 is 9.47 Å². The van der Waals surface area contributed by atoms with Crippen molar-refractivity contribution in [1.29, 1.82) is 0 Å². The van der Waals surface area contributed by atoms with Crippen LogP contribution in [0.2, 0.25) is 5.02 Å². The maximum Gasteiger partial charge on any atom is 0.285 e. The summed E-state index contributed by atoms with van der Waals surface area (Å²) >= 11 is 5.89. The molecule has 2 aromatic rings. The van der Waals surface area contributed by atoms with Crippen LogP contribution in [0.15, 0.2) is 43.0 Å². The molecule has 0 radical (unpaired) electrons. The zero-order valence-electron chi connectivity index (χ0n) is 9.04. The van der Waals surface area contributed by atoms with Gasteiger partial charge in [0.15, 0.2) is 0 Å². The Bertz CT molecular complexity index is 490. The predicted molar refractivity (Wildman–Crippen MR) is 62.7 cm³/mol. The highest BCUT2D eigenvalue weighted by atomic mass is 35.5. The van der Waals surface area contributed by atoms with Crippen LogP contribution in [0, 0.1) is 0 Å². The molecule has 1 aromatic heterocycles. The summed E-state index contributed by atoms with van der Waals surface area (Å²) in [6.07, 6.45) is 5.20. The Kier molecular flexibility index (Phi) is 2.63. The summed E-state index contributed by atoms with van der Waals surface area (Å²) in [5.41, 5.74) is 0.900. The zero-order chi connectivity index (χ0) is 11.7. The minimum absolute atomic E-state index is 0.556. The van der Waals surface area contributed by atoms with Gasteiger partial charge >= 0.3 is 0 Å². The van der Waals surface area contributed by atoms with Crippen molar-refractivity contribution in [2.24, 2.45) is 0 Å². The number of ether oxygens (including phenoxy) is 2. The van der Waals surface area contributed by atoms with Gasteiger partial charge in [-0.3, -0.25) is 4.57 Å². The average Bonchev–Trinajstić information content (AvgIpc) is 3.01. The lowest BCUT2D eigenvalue weighted by atomic mass is 10.1. The standard InChI is InChI=1S/C12H11ClN2O2/c13-11-3-1-10(2-4-11)12(16-7-8-17-12)15-6-5-14-9-15/h1-6,9H,7-8H2. The molecule has 1 aromatic carbocycles. The highest BCUT2D eigenvalue weighted by Crippen LogP contribution is 2.33. The van der Waals surface area contributed by atoms with Gasteiger partial charge in [0.2, 0.25) is 0 Å². The third-order valence-electron chi connectivity index (χ3n) is 2.73. The van der Waals surface area contributed by atoms with Gasteiger partial charge in [-0.15, -0.1) is 0 Å². The first kappa shape index (κ1) is 10.8. The second-order valence-corrected chi connectivity index (χ2v) is 4.19. The van der Waals surface area contributed by atoms with Crippen molar-refractivity contribution in [2.45, 2.75) is 5.91 Å². The molecule has 1 aliphatic heterocycles. The SMILES string of the molecule is Clc1ccc(C2(n3ccnc3)OCCO2)cc1. The van der Waals surface area contributed by atoms with Crippen LogP contribution < -0.4 is 0 Å². The Hall–Kier alpha value is -1.36. The van der Waals surface area contributed by atoms with Crippen LogP contribution in [0.5, 0.6) is 0 Å². The van der Waals surface area contributed by atoms with Crippen LogP contribution >= 0.6 is 11.6 Å². The van der Waals surface area contributed by atoms with Crippen LogP contribution in [-0.2, 0) is 15.4 Å². The molecule has 0 atom stereocenters. The fourth-order valence-electron chi connectivity index (χ4n) is 1.96. The summed E-state index contributed by atoms with van der Waals surface area (Å²) in [7, 11) is 0. The predicted octanol–water partition coefficient (Wildman–Crippen LogP) is 2.24. The number of halogens is 1. The number of benzene rings is 1. The van der Waals surface area contributed by atoms with E-state index in [0.29, 0.717) is 18.2 Å². The first-order valence-electron chi connectivity index (χ1n) is 5.34. The highest BCUT2D eigenvalue weighted by molar-refractivity contribution is 6.30. The molecule has 0 saturated carbocycles. The van der Waals surface area contributed by atoms with Gasteiger partial charge in [0, 0.05) is 23.0 Å². The molecule has 1 saturated heterocycles. The van der Waals surface area contributed by atoms with E-state index in [1.165, 1.54) is 0 Å². The molecule has 0 spiro atoms. The summed E-state index contributed by atoms with van der Waals surface area (Å²) < 4.78 is 13.3. The molecule has 4 nitrogen and oxygen atoms in total. The lowest BCUT2D eigenvalue weighted by Crippen LogP contribution is -2.35. The molecule has 0 unspecified atom stereocenters. The minimum atomic E-state index is -0.902. The van der Waals surface area contributed by atoms with Crippen molar-refractivity contribution in [3.8, 4) is 0 Å². The van der Waals surface area contributed by atoms with Gasteiger partial charge in [0.25, 0.3) is 5.91 Å². The fourth-order valence-corrected chi connectivity index (χ4v) is 2.09. The lowest BCUT2D eigenvalue weighted by Gasteiger charge is -2.28. The van der Waals surface area contributed by atoms with E-state index >= 15 is 0 Å². The van der Waals surface area contributed by atoms with Gasteiger partial charge in [-0.2, -0.15) is 0 Å². The molecule has 2 heterocycles. The molecule has 5 heteroatoms. The summed E-state index contributed by atoms with van der Waals surface area (Å²) in [5, 5.41) is 0.688. The maximum absolute atomic E-state index is 5.89. The first-order chi connectivity index (χ1) is 8.31. The molecule has 1 aliphatic rings. The van der Waals surface area contributed by atoms with Crippen molar-refractivity contribution in [3.05, 3.63) is 53.6 Å². The van der Waals surface area contributed by atoms with Crippen molar-refractivity contribution >= 4 is 11.6 Å². The molecule has 0 N–H and O–H groups in total. The Morgan fingerprint density at radius 3 is 2.47 bits per heavy atom. The molecule has 0 aliphatic carbocycles. The van der Waals surface area contributed by atoms with Gasteiger partial charge in [0.05, 0.1) is 19.5 Å². The summed E-state index contributed by atoms with van der Waals surface area (Å²) in [6, 6.07) is 7.43. The van der Waals surface area contributed by atoms with Gasteiger partial charge in [-0.05, 0) is 12.1 Å². The number of rotatable bonds is 2. The van der Waals surface area contributed by atoms with Crippen molar-refractivity contribution in [3.63, 3.8) is 0 Å². The van der Waals surface area contributed by atoms with E-state index in [1.807, 2.05) is 35.0 Å². The van der Waals surface area contributed by atoms with Gasteiger partial charge in [-0.25, -0.2) is 4.98 Å². The van der Waals surface area contributed by atoms with Crippen LogP contribution in [-0.4, -0.2) is 22.8 Å². The topological polar surface area (TPSA) is 36.3 Å². The maximum atomic E-state index is 5.89. The molecular weight excluding hydrogens is 240 g/mol. The first-order valence-corrected chi connectivity index (χ1v) is 5.71. The van der Waals surface area contributed by atoms with E-state index in [-0.39, 0.29) is 0 Å². The van der Waals surface area contributed by atoms with E-state index in [9.17, 15) is 0 Å². The Balaban J connectivity index is 2.09. The van der Waals surface area contributed by atoms with Crippen LogP contribution in [0.4, 0.5) is 0 Å². The van der Waals surface area contributed by atoms with Crippen LogP contribution in [0.3, 0.4) is 0 Å². The van der Waals surface area contributed by atoms with E-state index in [1.54, 1.807) is 12.5 Å². The van der Waals surface area contributed by atoms with E-state index in [2.05, 4.69) is 4.98 Å². The van der Waals surface area contributed by atoms with E-state index in [4.69, 9.17) is 21.1 Å². The molecule has 1 fully saturated rings. The number of hydrogen-bond donors (Lipinski definition) is 0. The number of hydrogen-bond acceptors (Lipinski definition) is 3. The normalized spacial score (nSPS) is 18.4.